The second-order valence-electron chi connectivity index (χ2n) is 4.23. The Balaban J connectivity index is 2.08. The van der Waals surface area contributed by atoms with Crippen LogP contribution < -0.4 is 0 Å². The number of hydrogen-bond acceptors (Lipinski definition) is 2. The topological polar surface area (TPSA) is 26.3 Å². The van der Waals surface area contributed by atoms with E-state index in [9.17, 15) is 4.79 Å². The van der Waals surface area contributed by atoms with Gasteiger partial charge in [0.15, 0.2) is 0 Å². The lowest BCUT2D eigenvalue weighted by molar-refractivity contribution is -0.148. The van der Waals surface area contributed by atoms with Crippen LogP contribution >= 0.6 is 0 Å². The third-order valence-corrected chi connectivity index (χ3v) is 3.19. The van der Waals surface area contributed by atoms with E-state index in [1.165, 1.54) is 0 Å². The number of allylic oxidation sites excluding steroid dienone is 1. The van der Waals surface area contributed by atoms with E-state index >= 15 is 0 Å². The molecular weight excluding hydrogens is 164 g/mol. The molecule has 0 bridgehead atoms. The number of rotatable bonds is 2. The summed E-state index contributed by atoms with van der Waals surface area (Å²) < 4.78 is 5.07. The lowest BCUT2D eigenvalue weighted by atomic mass is 9.89. The van der Waals surface area contributed by atoms with Crippen molar-refractivity contribution in [3.8, 4) is 0 Å². The molecule has 2 aliphatic rings. The summed E-state index contributed by atoms with van der Waals surface area (Å²) >= 11 is 0. The Kier molecular flexibility index (Phi) is 1.94. The molecule has 0 saturated heterocycles. The second kappa shape index (κ2) is 2.86. The van der Waals surface area contributed by atoms with Crippen LogP contribution in [0, 0.1) is 17.3 Å². The second-order valence-corrected chi connectivity index (χ2v) is 4.23. The molecule has 1 fully saturated rings. The highest BCUT2D eigenvalue weighted by Gasteiger charge is 2.60. The van der Waals surface area contributed by atoms with Crippen LogP contribution in [-0.4, -0.2) is 12.6 Å². The Hall–Kier alpha value is -0.790. The first kappa shape index (κ1) is 8.79. The number of esters is 1. The van der Waals surface area contributed by atoms with E-state index in [0.717, 1.165) is 12.8 Å². The van der Waals surface area contributed by atoms with Gasteiger partial charge in [0.25, 0.3) is 0 Å². The van der Waals surface area contributed by atoms with Crippen LogP contribution in [0.1, 0.15) is 26.7 Å². The van der Waals surface area contributed by atoms with E-state index in [2.05, 4.69) is 19.1 Å². The smallest absolute Gasteiger partial charge is 0.316 e. The third kappa shape index (κ3) is 1.28. The first-order chi connectivity index (χ1) is 6.19. The Morgan fingerprint density at radius 3 is 3.08 bits per heavy atom. The SMILES string of the molecule is CCOC(=O)C12C=CC(C)CC1C2. The van der Waals surface area contributed by atoms with Gasteiger partial charge in [-0.15, -0.1) is 0 Å². The van der Waals surface area contributed by atoms with E-state index in [1.54, 1.807) is 0 Å². The Bertz CT molecular complexity index is 257. The highest BCUT2D eigenvalue weighted by atomic mass is 16.5. The molecule has 0 amide bonds. The lowest BCUT2D eigenvalue weighted by Crippen LogP contribution is -2.22. The van der Waals surface area contributed by atoms with Crippen molar-refractivity contribution in [2.24, 2.45) is 17.3 Å². The molecule has 2 rings (SSSR count). The van der Waals surface area contributed by atoms with Crippen LogP contribution in [0.25, 0.3) is 0 Å². The minimum Gasteiger partial charge on any atom is -0.465 e. The van der Waals surface area contributed by atoms with Crippen LogP contribution in [0.4, 0.5) is 0 Å². The molecule has 2 aliphatic carbocycles. The molecule has 0 N–H and O–H groups in total. The predicted molar refractivity (Wildman–Crippen MR) is 50.1 cm³/mol. The average Bonchev–Trinajstić information content (AvgIpc) is 2.79. The van der Waals surface area contributed by atoms with Crippen molar-refractivity contribution in [1.29, 1.82) is 0 Å². The average molecular weight is 180 g/mol. The summed E-state index contributed by atoms with van der Waals surface area (Å²) in [7, 11) is 0. The molecule has 0 aromatic rings. The standard InChI is InChI=1S/C11H16O2/c1-3-13-10(12)11-5-4-8(2)6-9(11)7-11/h4-5,8-9H,3,6-7H2,1-2H3. The largest absolute Gasteiger partial charge is 0.465 e. The van der Waals surface area contributed by atoms with Gasteiger partial charge in [-0.2, -0.15) is 0 Å². The number of carbonyl (C=O) groups is 1. The van der Waals surface area contributed by atoms with Crippen molar-refractivity contribution in [3.05, 3.63) is 12.2 Å². The van der Waals surface area contributed by atoms with Crippen molar-refractivity contribution in [3.63, 3.8) is 0 Å². The molecule has 3 atom stereocenters. The van der Waals surface area contributed by atoms with E-state index < -0.39 is 0 Å². The van der Waals surface area contributed by atoms with Crippen LogP contribution in [0.15, 0.2) is 12.2 Å². The molecule has 0 heterocycles. The van der Waals surface area contributed by atoms with Gasteiger partial charge < -0.3 is 4.74 Å². The number of fused-ring (bicyclic) bond motifs is 1. The quantitative estimate of drug-likeness (QED) is 0.481. The van der Waals surface area contributed by atoms with Gasteiger partial charge in [0.1, 0.15) is 0 Å². The van der Waals surface area contributed by atoms with Gasteiger partial charge >= 0.3 is 5.97 Å². The fourth-order valence-corrected chi connectivity index (χ4v) is 2.29. The molecule has 3 unspecified atom stereocenters. The highest BCUT2D eigenvalue weighted by Crippen LogP contribution is 2.60. The summed E-state index contributed by atoms with van der Waals surface area (Å²) in [5.41, 5.74) is -0.206. The van der Waals surface area contributed by atoms with Crippen LogP contribution in [0.5, 0.6) is 0 Å². The molecule has 2 heteroatoms. The zero-order valence-electron chi connectivity index (χ0n) is 8.25. The first-order valence-corrected chi connectivity index (χ1v) is 5.05. The van der Waals surface area contributed by atoms with Gasteiger partial charge in [-0.05, 0) is 31.6 Å². The summed E-state index contributed by atoms with van der Waals surface area (Å²) in [6, 6.07) is 0. The molecule has 72 valence electrons. The Morgan fingerprint density at radius 1 is 1.69 bits per heavy atom. The van der Waals surface area contributed by atoms with Crippen molar-refractivity contribution in [2.45, 2.75) is 26.7 Å². The van der Waals surface area contributed by atoms with Crippen LogP contribution in [0.3, 0.4) is 0 Å². The molecule has 0 aromatic heterocycles. The molecular formula is C11H16O2. The highest BCUT2D eigenvalue weighted by molar-refractivity contribution is 5.83. The van der Waals surface area contributed by atoms with Crippen LogP contribution in [0.2, 0.25) is 0 Å². The third-order valence-electron chi connectivity index (χ3n) is 3.19. The summed E-state index contributed by atoms with van der Waals surface area (Å²) in [5.74, 6) is 1.18. The molecule has 1 saturated carbocycles. The van der Waals surface area contributed by atoms with E-state index in [-0.39, 0.29) is 11.4 Å². The molecule has 13 heavy (non-hydrogen) atoms. The van der Waals surface area contributed by atoms with E-state index in [4.69, 9.17) is 4.74 Å². The zero-order valence-corrected chi connectivity index (χ0v) is 8.25. The van der Waals surface area contributed by atoms with Crippen molar-refractivity contribution in [2.75, 3.05) is 6.61 Å². The van der Waals surface area contributed by atoms with Gasteiger partial charge in [-0.3, -0.25) is 4.79 Å². The van der Waals surface area contributed by atoms with Gasteiger partial charge in [-0.1, -0.05) is 19.1 Å². The monoisotopic (exact) mass is 180 g/mol. The molecule has 0 radical (unpaired) electrons. The number of ether oxygens (including phenoxy) is 1. The predicted octanol–water partition coefficient (Wildman–Crippen LogP) is 2.15. The van der Waals surface area contributed by atoms with Gasteiger partial charge in [0.2, 0.25) is 0 Å². The zero-order chi connectivity index (χ0) is 9.47. The van der Waals surface area contributed by atoms with Crippen LogP contribution in [-0.2, 0) is 9.53 Å². The summed E-state index contributed by atoms with van der Waals surface area (Å²) in [6.07, 6.45) is 6.38. The minimum atomic E-state index is -0.206. The normalized spacial score (nSPS) is 41.1. The maximum absolute atomic E-state index is 11.6. The summed E-state index contributed by atoms with van der Waals surface area (Å²) in [4.78, 5) is 11.6. The van der Waals surface area contributed by atoms with Crippen molar-refractivity contribution < 1.29 is 9.53 Å². The van der Waals surface area contributed by atoms with E-state index in [1.807, 2.05) is 6.92 Å². The van der Waals surface area contributed by atoms with Crippen molar-refractivity contribution in [1.82, 2.24) is 0 Å². The maximum atomic E-state index is 11.6. The number of hydrogen-bond donors (Lipinski definition) is 0. The fraction of sp³-hybridized carbons (Fsp3) is 0.727. The van der Waals surface area contributed by atoms with Gasteiger partial charge in [-0.25, -0.2) is 0 Å². The Morgan fingerprint density at radius 2 is 2.46 bits per heavy atom. The summed E-state index contributed by atoms with van der Waals surface area (Å²) in [6.45, 7) is 4.56. The maximum Gasteiger partial charge on any atom is 0.316 e. The Labute approximate surface area is 79.0 Å². The molecule has 2 nitrogen and oxygen atoms in total. The van der Waals surface area contributed by atoms with Gasteiger partial charge in [0, 0.05) is 0 Å². The van der Waals surface area contributed by atoms with Gasteiger partial charge in [0.05, 0.1) is 12.0 Å². The number of carbonyl (C=O) groups excluding carboxylic acids is 1. The molecule has 0 aliphatic heterocycles. The lowest BCUT2D eigenvalue weighted by Gasteiger charge is -2.18. The fourth-order valence-electron chi connectivity index (χ4n) is 2.29. The molecule has 0 aromatic carbocycles. The van der Waals surface area contributed by atoms with Crippen molar-refractivity contribution >= 4 is 5.97 Å². The minimum absolute atomic E-state index is 0.0110. The van der Waals surface area contributed by atoms with E-state index in [0.29, 0.717) is 18.4 Å². The molecule has 0 spiro atoms. The first-order valence-electron chi connectivity index (χ1n) is 5.05. The summed E-state index contributed by atoms with van der Waals surface area (Å²) in [5, 5.41) is 0.